The number of likely N-dealkylation sites (tertiary alicyclic amines) is 1. The summed E-state index contributed by atoms with van der Waals surface area (Å²) in [6, 6.07) is 1.55. The smallest absolute Gasteiger partial charge is 0.303 e. The first kappa shape index (κ1) is 15.7. The highest BCUT2D eigenvalue weighted by Crippen LogP contribution is 2.25. The molecule has 114 valence electrons. The lowest BCUT2D eigenvalue weighted by atomic mass is 9.94. The Balaban J connectivity index is 2.16. The molecule has 0 aromatic heterocycles. The minimum atomic E-state index is -1.14. The average Bonchev–Trinajstić information content (AvgIpc) is 2.41. The Morgan fingerprint density at radius 2 is 2.00 bits per heavy atom. The van der Waals surface area contributed by atoms with Crippen molar-refractivity contribution in [3.8, 4) is 0 Å². The molecule has 1 saturated heterocycles. The predicted octanol–water partition coefficient (Wildman–Crippen LogP) is 2.95. The van der Waals surface area contributed by atoms with Gasteiger partial charge in [-0.05, 0) is 30.9 Å². The highest BCUT2D eigenvalue weighted by molar-refractivity contribution is 6.33. The van der Waals surface area contributed by atoms with E-state index in [2.05, 4.69) is 0 Å². The Labute approximate surface area is 125 Å². The molecular weight excluding hydrogens is 304 g/mol. The van der Waals surface area contributed by atoms with Crippen LogP contribution in [0.4, 0.5) is 8.78 Å². The van der Waals surface area contributed by atoms with E-state index in [1.807, 2.05) is 0 Å². The number of hydrogen-bond donors (Lipinski definition) is 1. The van der Waals surface area contributed by atoms with Gasteiger partial charge in [0, 0.05) is 19.5 Å². The predicted molar refractivity (Wildman–Crippen MR) is 72.2 cm³/mol. The topological polar surface area (TPSA) is 57.6 Å². The zero-order chi connectivity index (χ0) is 15.6. The van der Waals surface area contributed by atoms with Crippen LogP contribution in [0.3, 0.4) is 0 Å². The summed E-state index contributed by atoms with van der Waals surface area (Å²) in [6.45, 7) is 0.727. The van der Waals surface area contributed by atoms with Gasteiger partial charge in [-0.15, -0.1) is 0 Å². The number of carbonyl (C=O) groups is 2. The molecule has 0 bridgehead atoms. The summed E-state index contributed by atoms with van der Waals surface area (Å²) >= 11 is 5.79. The van der Waals surface area contributed by atoms with Crippen molar-refractivity contribution in [2.45, 2.75) is 19.3 Å². The van der Waals surface area contributed by atoms with Gasteiger partial charge in [-0.3, -0.25) is 9.59 Å². The lowest BCUT2D eigenvalue weighted by Gasteiger charge is -2.32. The lowest BCUT2D eigenvalue weighted by Crippen LogP contribution is -2.40. The van der Waals surface area contributed by atoms with Crippen LogP contribution in [0, 0.1) is 17.6 Å². The Hall–Kier alpha value is -1.69. The van der Waals surface area contributed by atoms with Gasteiger partial charge in [-0.1, -0.05) is 11.6 Å². The molecule has 1 atom stereocenters. The standard InChI is InChI=1S/C14H14ClF2NO3/c15-10-6-12(17)11(16)5-9(10)14(21)18-3-1-2-8(7-18)4-13(19)20/h5-6,8H,1-4,7H2,(H,19,20). The maximum Gasteiger partial charge on any atom is 0.303 e. The molecule has 4 nitrogen and oxygen atoms in total. The third kappa shape index (κ3) is 3.69. The Kier molecular flexibility index (Phi) is 4.77. The lowest BCUT2D eigenvalue weighted by molar-refractivity contribution is -0.138. The van der Waals surface area contributed by atoms with Crippen molar-refractivity contribution in [3.63, 3.8) is 0 Å². The van der Waals surface area contributed by atoms with Crippen LogP contribution < -0.4 is 0 Å². The van der Waals surface area contributed by atoms with E-state index in [0.717, 1.165) is 18.6 Å². The Morgan fingerprint density at radius 1 is 1.33 bits per heavy atom. The molecule has 1 heterocycles. The van der Waals surface area contributed by atoms with Crippen molar-refractivity contribution >= 4 is 23.5 Å². The van der Waals surface area contributed by atoms with Gasteiger partial charge in [0.05, 0.1) is 10.6 Å². The summed E-state index contributed by atoms with van der Waals surface area (Å²) in [6.07, 6.45) is 1.38. The second-order valence-corrected chi connectivity index (χ2v) is 5.51. The fraction of sp³-hybridized carbons (Fsp3) is 0.429. The first-order valence-corrected chi connectivity index (χ1v) is 6.92. The number of aliphatic carboxylic acids is 1. The molecule has 1 fully saturated rings. The molecule has 7 heteroatoms. The van der Waals surface area contributed by atoms with E-state index in [4.69, 9.17) is 16.7 Å². The third-order valence-electron chi connectivity index (χ3n) is 3.51. The van der Waals surface area contributed by atoms with E-state index in [9.17, 15) is 18.4 Å². The van der Waals surface area contributed by atoms with Gasteiger partial charge in [0.1, 0.15) is 0 Å². The fourth-order valence-corrected chi connectivity index (χ4v) is 2.75. The maximum absolute atomic E-state index is 13.3. The number of benzene rings is 1. The molecule has 1 aromatic rings. The van der Waals surface area contributed by atoms with E-state index in [0.29, 0.717) is 13.0 Å². The molecule has 0 aliphatic carbocycles. The Morgan fingerprint density at radius 3 is 2.67 bits per heavy atom. The fourth-order valence-electron chi connectivity index (χ4n) is 2.52. The van der Waals surface area contributed by atoms with Crippen LogP contribution in [0.15, 0.2) is 12.1 Å². The minimum absolute atomic E-state index is 0.0186. The summed E-state index contributed by atoms with van der Waals surface area (Å²) in [7, 11) is 0. The van der Waals surface area contributed by atoms with Crippen LogP contribution in [-0.2, 0) is 4.79 Å². The van der Waals surface area contributed by atoms with Gasteiger partial charge in [-0.2, -0.15) is 0 Å². The third-order valence-corrected chi connectivity index (χ3v) is 3.82. The first-order valence-electron chi connectivity index (χ1n) is 6.54. The van der Waals surface area contributed by atoms with E-state index in [1.165, 1.54) is 4.90 Å². The molecule has 21 heavy (non-hydrogen) atoms. The number of carboxylic acids is 1. The molecule has 0 spiro atoms. The first-order chi connectivity index (χ1) is 9.88. The monoisotopic (exact) mass is 317 g/mol. The number of piperidine rings is 1. The van der Waals surface area contributed by atoms with Crippen LogP contribution >= 0.6 is 11.6 Å². The summed E-state index contributed by atoms with van der Waals surface area (Å²) in [5, 5.41) is 8.65. The van der Waals surface area contributed by atoms with Gasteiger partial charge in [0.25, 0.3) is 5.91 Å². The number of rotatable bonds is 3. The second-order valence-electron chi connectivity index (χ2n) is 5.10. The van der Waals surface area contributed by atoms with Gasteiger partial charge in [-0.25, -0.2) is 8.78 Å². The van der Waals surface area contributed by atoms with Crippen LogP contribution in [-0.4, -0.2) is 35.0 Å². The molecule has 1 aromatic carbocycles. The number of hydrogen-bond acceptors (Lipinski definition) is 2. The highest BCUT2D eigenvalue weighted by Gasteiger charge is 2.27. The number of carboxylic acid groups (broad SMARTS) is 1. The molecule has 0 radical (unpaired) electrons. The second kappa shape index (κ2) is 6.39. The SMILES string of the molecule is O=C(O)CC1CCCN(C(=O)c2cc(F)c(F)cc2Cl)C1. The molecule has 0 saturated carbocycles. The number of halogens is 3. The average molecular weight is 318 g/mol. The van der Waals surface area contributed by atoms with Crippen LogP contribution in [0.5, 0.6) is 0 Å². The zero-order valence-electron chi connectivity index (χ0n) is 11.1. The van der Waals surface area contributed by atoms with Gasteiger partial charge in [0.15, 0.2) is 11.6 Å². The van der Waals surface area contributed by atoms with Crippen molar-refractivity contribution in [2.75, 3.05) is 13.1 Å². The van der Waals surface area contributed by atoms with Crippen molar-refractivity contribution in [1.29, 1.82) is 0 Å². The molecule has 1 aliphatic rings. The molecule has 1 aliphatic heterocycles. The summed E-state index contributed by atoms with van der Waals surface area (Å²) < 4.78 is 26.3. The number of amides is 1. The molecule has 1 N–H and O–H groups in total. The molecule has 2 rings (SSSR count). The normalized spacial score (nSPS) is 18.6. The van der Waals surface area contributed by atoms with Gasteiger partial charge in [0.2, 0.25) is 0 Å². The van der Waals surface area contributed by atoms with Crippen molar-refractivity contribution < 1.29 is 23.5 Å². The summed E-state index contributed by atoms with van der Waals surface area (Å²) in [5.74, 6) is -3.81. The van der Waals surface area contributed by atoms with Crippen molar-refractivity contribution in [3.05, 3.63) is 34.4 Å². The van der Waals surface area contributed by atoms with Crippen molar-refractivity contribution in [1.82, 2.24) is 4.90 Å². The molecule has 1 unspecified atom stereocenters. The van der Waals surface area contributed by atoms with Gasteiger partial charge >= 0.3 is 5.97 Å². The summed E-state index contributed by atoms with van der Waals surface area (Å²) in [5.41, 5.74) is -0.105. The minimum Gasteiger partial charge on any atom is -0.481 e. The summed E-state index contributed by atoms with van der Waals surface area (Å²) in [4.78, 5) is 24.5. The maximum atomic E-state index is 13.3. The number of carbonyl (C=O) groups excluding carboxylic acids is 1. The molecular formula is C14H14ClF2NO3. The van der Waals surface area contributed by atoms with Crippen LogP contribution in [0.2, 0.25) is 5.02 Å². The zero-order valence-corrected chi connectivity index (χ0v) is 11.9. The largest absolute Gasteiger partial charge is 0.481 e. The van der Waals surface area contributed by atoms with Crippen LogP contribution in [0.25, 0.3) is 0 Å². The quantitative estimate of drug-likeness (QED) is 0.872. The Bertz CT molecular complexity index is 580. The van der Waals surface area contributed by atoms with E-state index >= 15 is 0 Å². The van der Waals surface area contributed by atoms with Crippen molar-refractivity contribution in [2.24, 2.45) is 5.92 Å². The highest BCUT2D eigenvalue weighted by atomic mass is 35.5. The van der Waals surface area contributed by atoms with Crippen LogP contribution in [0.1, 0.15) is 29.6 Å². The van der Waals surface area contributed by atoms with E-state index in [1.54, 1.807) is 0 Å². The number of nitrogens with zero attached hydrogens (tertiary/aromatic N) is 1. The molecule has 1 amide bonds. The van der Waals surface area contributed by atoms with E-state index in [-0.39, 0.29) is 29.5 Å². The van der Waals surface area contributed by atoms with Gasteiger partial charge < -0.3 is 10.0 Å². The van der Waals surface area contributed by atoms with E-state index < -0.39 is 23.5 Å².